The zero-order chi connectivity index (χ0) is 23.5. The van der Waals surface area contributed by atoms with Gasteiger partial charge in [0, 0.05) is 31.0 Å². The number of nitrogens with one attached hydrogen (secondary N) is 1. The average Bonchev–Trinajstić information content (AvgIpc) is 3.52. The Bertz CT molecular complexity index is 1190. The maximum Gasteiger partial charge on any atom is 0.243 e. The average molecular weight is 483 g/mol. The fraction of sp³-hybridized carbons (Fsp3) is 0.423. The first-order chi connectivity index (χ1) is 16.5. The number of hydrogen-bond acceptors (Lipinski definition) is 4. The Kier molecular flexibility index (Phi) is 6.70. The highest BCUT2D eigenvalue weighted by Crippen LogP contribution is 2.35. The molecule has 8 heteroatoms. The van der Waals surface area contributed by atoms with Gasteiger partial charge < -0.3 is 9.88 Å². The van der Waals surface area contributed by atoms with Gasteiger partial charge in [0.1, 0.15) is 5.82 Å². The van der Waals surface area contributed by atoms with Crippen molar-refractivity contribution in [2.24, 2.45) is 5.92 Å². The summed E-state index contributed by atoms with van der Waals surface area (Å²) in [5.41, 5.74) is 3.02. The number of sulfonamides is 1. The Labute approximate surface area is 200 Å². The molecule has 34 heavy (non-hydrogen) atoms. The van der Waals surface area contributed by atoms with E-state index in [9.17, 15) is 12.8 Å². The molecule has 180 valence electrons. The molecule has 1 N–H and O–H groups in total. The number of imidazole rings is 1. The van der Waals surface area contributed by atoms with Crippen LogP contribution < -0.4 is 4.90 Å². The first-order valence-corrected chi connectivity index (χ1v) is 13.5. The van der Waals surface area contributed by atoms with Crippen LogP contribution in [0.5, 0.6) is 0 Å². The predicted molar refractivity (Wildman–Crippen MR) is 130 cm³/mol. The van der Waals surface area contributed by atoms with E-state index in [1.54, 1.807) is 10.6 Å². The van der Waals surface area contributed by atoms with Crippen molar-refractivity contribution < 1.29 is 12.8 Å². The minimum Gasteiger partial charge on any atom is -0.361 e. The Morgan fingerprint density at radius 1 is 1.03 bits per heavy atom. The van der Waals surface area contributed by atoms with Crippen LogP contribution in [0.1, 0.15) is 49.8 Å². The molecule has 2 aromatic carbocycles. The van der Waals surface area contributed by atoms with E-state index >= 15 is 0 Å². The molecule has 1 saturated carbocycles. The maximum absolute atomic E-state index is 13.7. The quantitative estimate of drug-likeness (QED) is 0.509. The highest BCUT2D eigenvalue weighted by molar-refractivity contribution is 7.89. The number of halogens is 1. The van der Waals surface area contributed by atoms with Gasteiger partial charge in [0.15, 0.2) is 0 Å². The van der Waals surface area contributed by atoms with Crippen molar-refractivity contribution in [2.75, 3.05) is 11.4 Å². The van der Waals surface area contributed by atoms with Crippen molar-refractivity contribution in [3.8, 4) is 0 Å². The van der Waals surface area contributed by atoms with E-state index in [0.29, 0.717) is 13.1 Å². The number of para-hydroxylation sites is 1. The molecule has 3 aromatic rings. The molecule has 1 aliphatic heterocycles. The van der Waals surface area contributed by atoms with Gasteiger partial charge in [0.05, 0.1) is 23.5 Å². The summed E-state index contributed by atoms with van der Waals surface area (Å²) in [6.45, 7) is 1.31. The minimum atomic E-state index is -3.78. The molecule has 1 aromatic heterocycles. The number of anilines is 1. The third-order valence-corrected chi connectivity index (χ3v) is 9.06. The molecule has 1 atom stereocenters. The van der Waals surface area contributed by atoms with Crippen LogP contribution in [0.15, 0.2) is 66.0 Å². The molecule has 0 radical (unpaired) electrons. The Morgan fingerprint density at radius 2 is 1.79 bits per heavy atom. The smallest absolute Gasteiger partial charge is 0.243 e. The van der Waals surface area contributed by atoms with Gasteiger partial charge in [0.25, 0.3) is 0 Å². The van der Waals surface area contributed by atoms with E-state index in [-0.39, 0.29) is 17.5 Å². The van der Waals surface area contributed by atoms with Crippen LogP contribution in [-0.4, -0.2) is 35.3 Å². The molecule has 2 heterocycles. The van der Waals surface area contributed by atoms with E-state index in [1.807, 2.05) is 24.4 Å². The van der Waals surface area contributed by atoms with Gasteiger partial charge in [-0.05, 0) is 54.7 Å². The molecular formula is C26H31FN4O2S. The number of nitrogens with zero attached hydrogens (tertiary/aromatic N) is 3. The third-order valence-electron chi connectivity index (χ3n) is 7.23. The topological polar surface area (TPSA) is 69.3 Å². The number of H-pyrrole nitrogens is 1. The molecular weight excluding hydrogens is 451 g/mol. The number of benzene rings is 2. The molecule has 0 spiro atoms. The lowest BCUT2D eigenvalue weighted by molar-refractivity contribution is 0.350. The Balaban J connectivity index is 1.51. The molecule has 0 unspecified atom stereocenters. The number of hydrogen-bond donors (Lipinski definition) is 1. The van der Waals surface area contributed by atoms with Gasteiger partial charge in [0.2, 0.25) is 10.0 Å². The van der Waals surface area contributed by atoms with Gasteiger partial charge in [-0.25, -0.2) is 17.8 Å². The van der Waals surface area contributed by atoms with Gasteiger partial charge in [-0.2, -0.15) is 4.31 Å². The van der Waals surface area contributed by atoms with Crippen LogP contribution in [0.25, 0.3) is 0 Å². The normalized spacial score (nSPS) is 19.8. The van der Waals surface area contributed by atoms with Crippen LogP contribution in [0.3, 0.4) is 0 Å². The molecule has 2 aliphatic rings. The summed E-state index contributed by atoms with van der Waals surface area (Å²) in [4.78, 5) is 9.86. The second-order valence-corrected chi connectivity index (χ2v) is 11.4. The van der Waals surface area contributed by atoms with Crippen LogP contribution in [0, 0.1) is 11.7 Å². The summed E-state index contributed by atoms with van der Waals surface area (Å²) in [5, 5.41) is 0. The molecule has 0 saturated heterocycles. The summed E-state index contributed by atoms with van der Waals surface area (Å²) in [5.74, 6) is 0.273. The van der Waals surface area contributed by atoms with Crippen molar-refractivity contribution in [3.63, 3.8) is 0 Å². The van der Waals surface area contributed by atoms with E-state index in [0.717, 1.165) is 35.7 Å². The second kappa shape index (κ2) is 9.88. The lowest BCUT2D eigenvalue weighted by Gasteiger charge is -2.34. The summed E-state index contributed by atoms with van der Waals surface area (Å²) >= 11 is 0. The summed E-state index contributed by atoms with van der Waals surface area (Å²) in [6, 6.07) is 13.2. The second-order valence-electron chi connectivity index (χ2n) is 9.47. The SMILES string of the molecule is O=S(=O)(c1ccc(F)cc1)N1Cc2ccccc2N(Cc2cnc[nH]2)[C@H](CCC2CCCC2)C1. The minimum absolute atomic E-state index is 0.0165. The lowest BCUT2D eigenvalue weighted by Crippen LogP contribution is -2.43. The molecule has 6 nitrogen and oxygen atoms in total. The highest BCUT2D eigenvalue weighted by atomic mass is 32.2. The fourth-order valence-corrected chi connectivity index (χ4v) is 6.85. The van der Waals surface area contributed by atoms with E-state index in [1.165, 1.54) is 49.9 Å². The number of fused-ring (bicyclic) bond motifs is 1. The van der Waals surface area contributed by atoms with Crippen LogP contribution in [0.2, 0.25) is 0 Å². The third kappa shape index (κ3) is 4.88. The van der Waals surface area contributed by atoms with Crippen molar-refractivity contribution >= 4 is 15.7 Å². The van der Waals surface area contributed by atoms with Gasteiger partial charge in [-0.1, -0.05) is 43.9 Å². The standard InChI is InChI=1S/C26H31FN4O2S/c27-22-10-13-25(14-11-22)34(32,33)30-16-21-7-3-4-8-26(21)31(17-23-15-28-19-29-23)24(18-30)12-9-20-5-1-2-6-20/h3-4,7-8,10-11,13-15,19-20,24H,1-2,5-6,9,12,16-18H2,(H,28,29)/t24-/m1/s1. The first-order valence-electron chi connectivity index (χ1n) is 12.1. The maximum atomic E-state index is 13.7. The molecule has 5 rings (SSSR count). The summed E-state index contributed by atoms with van der Waals surface area (Å²) < 4.78 is 42.4. The zero-order valence-corrected chi connectivity index (χ0v) is 20.1. The summed E-state index contributed by atoms with van der Waals surface area (Å²) in [6.07, 6.45) is 10.6. The van der Waals surface area contributed by atoms with Gasteiger partial charge in [-0.3, -0.25) is 0 Å². The van der Waals surface area contributed by atoms with E-state index in [4.69, 9.17) is 0 Å². The largest absolute Gasteiger partial charge is 0.361 e. The highest BCUT2D eigenvalue weighted by Gasteiger charge is 2.35. The van der Waals surface area contributed by atoms with Crippen molar-refractivity contribution in [2.45, 2.75) is 62.6 Å². The molecule has 0 amide bonds. The van der Waals surface area contributed by atoms with E-state index in [2.05, 4.69) is 20.9 Å². The lowest BCUT2D eigenvalue weighted by atomic mass is 9.97. The fourth-order valence-electron chi connectivity index (χ4n) is 5.39. The van der Waals surface area contributed by atoms with Crippen LogP contribution >= 0.6 is 0 Å². The molecule has 0 bridgehead atoms. The molecule has 1 fully saturated rings. The van der Waals surface area contributed by atoms with Gasteiger partial charge in [-0.15, -0.1) is 0 Å². The Hall–Kier alpha value is -2.71. The van der Waals surface area contributed by atoms with Crippen LogP contribution in [-0.2, 0) is 23.1 Å². The molecule has 1 aliphatic carbocycles. The van der Waals surface area contributed by atoms with E-state index < -0.39 is 15.8 Å². The number of rotatable bonds is 7. The van der Waals surface area contributed by atoms with Gasteiger partial charge >= 0.3 is 0 Å². The monoisotopic (exact) mass is 482 g/mol. The van der Waals surface area contributed by atoms with Crippen molar-refractivity contribution in [1.82, 2.24) is 14.3 Å². The van der Waals surface area contributed by atoms with Crippen molar-refractivity contribution in [1.29, 1.82) is 0 Å². The first kappa shape index (κ1) is 23.1. The van der Waals surface area contributed by atoms with Crippen molar-refractivity contribution in [3.05, 3.63) is 78.1 Å². The zero-order valence-electron chi connectivity index (χ0n) is 19.2. The number of aromatic amines is 1. The number of aromatic nitrogens is 2. The Morgan fingerprint density at radius 3 is 2.53 bits per heavy atom. The van der Waals surface area contributed by atoms with Crippen LogP contribution in [0.4, 0.5) is 10.1 Å². The summed E-state index contributed by atoms with van der Waals surface area (Å²) in [7, 11) is -3.78. The predicted octanol–water partition coefficient (Wildman–Crippen LogP) is 5.10.